The molecule has 0 saturated carbocycles. The van der Waals surface area contributed by atoms with E-state index in [2.05, 4.69) is 15.9 Å². The Morgan fingerprint density at radius 2 is 1.79 bits per heavy atom. The summed E-state index contributed by atoms with van der Waals surface area (Å²) in [5, 5.41) is 8.85. The number of benzene rings is 1. The quantitative estimate of drug-likeness (QED) is 0.659. The molecule has 76 valence electrons. The molecular formula is C6H5BrN2O4S. The van der Waals surface area contributed by atoms with Gasteiger partial charge in [0.1, 0.15) is 0 Å². The second-order valence-electron chi connectivity index (χ2n) is 2.31. The number of halogens is 1. The van der Waals surface area contributed by atoms with Gasteiger partial charge in [-0.05, 0) is 29.1 Å². The summed E-state index contributed by atoms with van der Waals surface area (Å²) < 4.78 is 23.1. The highest BCUT2D eigenvalue weighted by Gasteiger charge is 2.18. The van der Waals surface area contributed by atoms with E-state index in [-0.39, 0.29) is 4.90 Å². The van der Waals surface area contributed by atoms with E-state index >= 15 is 0 Å². The first kappa shape index (κ1) is 10.9. The lowest BCUT2D eigenvalue weighted by molar-refractivity contribution is -0.518. The molecule has 0 spiro atoms. The molecule has 0 bridgehead atoms. The van der Waals surface area contributed by atoms with E-state index in [1.165, 1.54) is 29.1 Å². The Kier molecular flexibility index (Phi) is 3.06. The van der Waals surface area contributed by atoms with Crippen LogP contribution in [-0.4, -0.2) is 13.5 Å². The van der Waals surface area contributed by atoms with Crippen LogP contribution >= 0.6 is 15.9 Å². The fourth-order valence-electron chi connectivity index (χ4n) is 0.765. The topological polar surface area (TPSA) is 89.3 Å². The van der Waals surface area contributed by atoms with Crippen LogP contribution in [-0.2, 0) is 10.0 Å². The second kappa shape index (κ2) is 3.93. The monoisotopic (exact) mass is 280 g/mol. The maximum Gasteiger partial charge on any atom is 0.311 e. The third-order valence-electron chi connectivity index (χ3n) is 1.32. The van der Waals surface area contributed by atoms with Gasteiger partial charge in [0.25, 0.3) is 0 Å². The third kappa shape index (κ3) is 2.67. The highest BCUT2D eigenvalue weighted by atomic mass is 79.9. The van der Waals surface area contributed by atoms with Gasteiger partial charge >= 0.3 is 10.0 Å². The summed E-state index contributed by atoms with van der Waals surface area (Å²) in [4.78, 5) is 11.0. The molecule has 0 fully saturated rings. The molecule has 14 heavy (non-hydrogen) atoms. The highest BCUT2D eigenvalue weighted by molar-refractivity contribution is 9.10. The molecule has 1 aromatic rings. The Morgan fingerprint density at radius 3 is 2.21 bits per heavy atom. The van der Waals surface area contributed by atoms with Crippen molar-refractivity contribution >= 4 is 26.0 Å². The van der Waals surface area contributed by atoms with Gasteiger partial charge in [-0.25, -0.2) is 10.1 Å². The maximum atomic E-state index is 11.2. The summed E-state index contributed by atoms with van der Waals surface area (Å²) in [6.45, 7) is 0. The molecule has 1 aromatic carbocycles. The smallest absolute Gasteiger partial charge is 0.234 e. The fourth-order valence-corrected chi connectivity index (χ4v) is 1.82. The Morgan fingerprint density at radius 1 is 1.29 bits per heavy atom. The molecule has 0 aromatic heterocycles. The van der Waals surface area contributed by atoms with Gasteiger partial charge in [0.15, 0.2) is 5.03 Å². The van der Waals surface area contributed by atoms with Crippen LogP contribution in [0.15, 0.2) is 33.6 Å². The minimum atomic E-state index is -4.05. The Hall–Kier alpha value is -1.15. The summed E-state index contributed by atoms with van der Waals surface area (Å²) in [7, 11) is -4.05. The Bertz CT molecular complexity index is 441. The number of hydrogen-bond acceptors (Lipinski definition) is 4. The number of hydrazine groups is 1. The van der Waals surface area contributed by atoms with Crippen molar-refractivity contribution in [3.8, 4) is 0 Å². The van der Waals surface area contributed by atoms with Crippen LogP contribution in [0, 0.1) is 10.1 Å². The van der Waals surface area contributed by atoms with Gasteiger partial charge in [0.2, 0.25) is 0 Å². The summed E-state index contributed by atoms with van der Waals surface area (Å²) in [5.74, 6) is 0. The van der Waals surface area contributed by atoms with Crippen molar-refractivity contribution in [2.45, 2.75) is 4.90 Å². The van der Waals surface area contributed by atoms with Gasteiger partial charge in [0.05, 0.1) is 4.90 Å². The van der Waals surface area contributed by atoms with E-state index in [0.717, 1.165) is 0 Å². The number of nitrogens with zero attached hydrogens (tertiary/aromatic N) is 1. The zero-order chi connectivity index (χ0) is 10.8. The Labute approximate surface area is 88.2 Å². The van der Waals surface area contributed by atoms with Crippen LogP contribution in [0.1, 0.15) is 0 Å². The lowest BCUT2D eigenvalue weighted by atomic mass is 10.4. The van der Waals surface area contributed by atoms with Crippen molar-refractivity contribution in [1.82, 2.24) is 4.83 Å². The lowest BCUT2D eigenvalue weighted by Gasteiger charge is -1.99. The summed E-state index contributed by atoms with van der Waals surface area (Å²) >= 11 is 3.11. The van der Waals surface area contributed by atoms with E-state index in [4.69, 9.17) is 0 Å². The SMILES string of the molecule is O=[N+]([O-])NS(=O)(=O)c1ccc(Br)cc1. The third-order valence-corrected chi connectivity index (χ3v) is 3.13. The molecular weight excluding hydrogens is 276 g/mol. The molecule has 0 amide bonds. The van der Waals surface area contributed by atoms with Gasteiger partial charge < -0.3 is 0 Å². The first-order valence-electron chi connectivity index (χ1n) is 3.34. The van der Waals surface area contributed by atoms with Gasteiger partial charge in [-0.1, -0.05) is 15.9 Å². The number of sulfonamides is 1. The lowest BCUT2D eigenvalue weighted by Crippen LogP contribution is -2.29. The summed E-state index contributed by atoms with van der Waals surface area (Å²) in [6, 6.07) is 5.48. The molecule has 0 atom stereocenters. The van der Waals surface area contributed by atoms with Crippen molar-refractivity contribution < 1.29 is 13.5 Å². The van der Waals surface area contributed by atoms with Crippen molar-refractivity contribution in [3.63, 3.8) is 0 Å². The van der Waals surface area contributed by atoms with Crippen molar-refractivity contribution in [2.24, 2.45) is 0 Å². The molecule has 0 heterocycles. The van der Waals surface area contributed by atoms with E-state index in [0.29, 0.717) is 4.47 Å². The van der Waals surface area contributed by atoms with Crippen molar-refractivity contribution in [3.05, 3.63) is 38.9 Å². The largest absolute Gasteiger partial charge is 0.311 e. The molecule has 0 aliphatic rings. The predicted molar refractivity (Wildman–Crippen MR) is 51.5 cm³/mol. The zero-order valence-electron chi connectivity index (χ0n) is 6.68. The van der Waals surface area contributed by atoms with E-state index in [1.807, 2.05) is 0 Å². The van der Waals surface area contributed by atoms with Crippen LogP contribution in [0.3, 0.4) is 0 Å². The zero-order valence-corrected chi connectivity index (χ0v) is 9.08. The maximum absolute atomic E-state index is 11.2. The molecule has 6 nitrogen and oxygen atoms in total. The average Bonchev–Trinajstić information content (AvgIpc) is 2.02. The minimum Gasteiger partial charge on any atom is -0.234 e. The van der Waals surface area contributed by atoms with Gasteiger partial charge in [-0.3, -0.25) is 0 Å². The van der Waals surface area contributed by atoms with E-state index in [1.54, 1.807) is 0 Å². The summed E-state index contributed by atoms with van der Waals surface area (Å²) in [5.41, 5.74) is 0. The van der Waals surface area contributed by atoms with E-state index < -0.39 is 15.1 Å². The molecule has 0 aliphatic heterocycles. The molecule has 8 heteroatoms. The first-order valence-corrected chi connectivity index (χ1v) is 5.62. The standard InChI is InChI=1S/C6H5BrN2O4S/c7-5-1-3-6(4-2-5)14(12,13)8-9(10)11/h1-4,8H. The van der Waals surface area contributed by atoms with E-state index in [9.17, 15) is 18.5 Å². The van der Waals surface area contributed by atoms with Crippen LogP contribution in [0.2, 0.25) is 0 Å². The van der Waals surface area contributed by atoms with Gasteiger partial charge in [-0.2, -0.15) is 8.42 Å². The van der Waals surface area contributed by atoms with Crippen molar-refractivity contribution in [2.75, 3.05) is 0 Å². The van der Waals surface area contributed by atoms with Crippen LogP contribution in [0.5, 0.6) is 0 Å². The average molecular weight is 281 g/mol. The minimum absolute atomic E-state index is 0.155. The number of nitrogens with one attached hydrogen (secondary N) is 1. The van der Waals surface area contributed by atoms with Crippen LogP contribution in [0.4, 0.5) is 0 Å². The number of hydrogen-bond donors (Lipinski definition) is 1. The summed E-state index contributed by atoms with van der Waals surface area (Å²) in [6.07, 6.45) is 0. The van der Waals surface area contributed by atoms with Gasteiger partial charge in [0, 0.05) is 4.47 Å². The predicted octanol–water partition coefficient (Wildman–Crippen LogP) is 0.919. The number of nitro groups is 1. The molecule has 1 rings (SSSR count). The van der Waals surface area contributed by atoms with Crippen LogP contribution in [0.25, 0.3) is 0 Å². The molecule has 0 unspecified atom stereocenters. The normalized spacial score (nSPS) is 10.9. The van der Waals surface area contributed by atoms with Gasteiger partial charge in [-0.15, -0.1) is 0 Å². The number of rotatable bonds is 3. The van der Waals surface area contributed by atoms with Crippen molar-refractivity contribution in [1.29, 1.82) is 0 Å². The Balaban J connectivity index is 3.05. The second-order valence-corrected chi connectivity index (χ2v) is 4.88. The fraction of sp³-hybridized carbons (Fsp3) is 0. The van der Waals surface area contributed by atoms with Crippen LogP contribution < -0.4 is 4.83 Å². The molecule has 0 aliphatic carbocycles. The molecule has 0 radical (unpaired) electrons. The molecule has 0 saturated heterocycles. The highest BCUT2D eigenvalue weighted by Crippen LogP contribution is 2.14. The first-order chi connectivity index (χ1) is 6.42. The molecule has 1 N–H and O–H groups in total.